The Morgan fingerprint density at radius 2 is 2.14 bits per heavy atom. The van der Waals surface area contributed by atoms with E-state index < -0.39 is 17.2 Å². The minimum Gasteiger partial charge on any atom is -0.481 e. The monoisotopic (exact) mass is 356 g/mol. The SMILES string of the molecule is CC(C)(CC(=O)O)Cc1nnc(-c2cccc(F)c2Br)o1. The highest BCUT2D eigenvalue weighted by molar-refractivity contribution is 9.10. The van der Waals surface area contributed by atoms with E-state index in [2.05, 4.69) is 26.1 Å². The van der Waals surface area contributed by atoms with E-state index in [9.17, 15) is 9.18 Å². The van der Waals surface area contributed by atoms with Crippen molar-refractivity contribution in [2.75, 3.05) is 0 Å². The van der Waals surface area contributed by atoms with Gasteiger partial charge >= 0.3 is 5.97 Å². The first kappa shape index (κ1) is 15.6. The summed E-state index contributed by atoms with van der Waals surface area (Å²) in [5.41, 5.74) is -0.0424. The third kappa shape index (κ3) is 3.87. The smallest absolute Gasteiger partial charge is 0.303 e. The van der Waals surface area contributed by atoms with Gasteiger partial charge in [0.1, 0.15) is 5.82 Å². The van der Waals surface area contributed by atoms with E-state index in [1.54, 1.807) is 12.1 Å². The Hall–Kier alpha value is -1.76. The number of rotatable bonds is 5. The van der Waals surface area contributed by atoms with Gasteiger partial charge in [-0.15, -0.1) is 10.2 Å². The lowest BCUT2D eigenvalue weighted by atomic mass is 9.86. The van der Waals surface area contributed by atoms with E-state index in [0.29, 0.717) is 17.9 Å². The molecule has 21 heavy (non-hydrogen) atoms. The van der Waals surface area contributed by atoms with Crippen LogP contribution in [0.5, 0.6) is 0 Å². The molecule has 0 aliphatic carbocycles. The Morgan fingerprint density at radius 1 is 1.43 bits per heavy atom. The molecule has 0 saturated carbocycles. The molecular formula is C14H14BrFN2O3. The molecule has 112 valence electrons. The van der Waals surface area contributed by atoms with Crippen molar-refractivity contribution in [1.82, 2.24) is 10.2 Å². The summed E-state index contributed by atoms with van der Waals surface area (Å²) >= 11 is 3.14. The van der Waals surface area contributed by atoms with Crippen molar-refractivity contribution in [3.63, 3.8) is 0 Å². The van der Waals surface area contributed by atoms with Crippen molar-refractivity contribution in [1.29, 1.82) is 0 Å². The molecule has 0 bridgehead atoms. The highest BCUT2D eigenvalue weighted by Crippen LogP contribution is 2.31. The lowest BCUT2D eigenvalue weighted by Gasteiger charge is -2.19. The largest absolute Gasteiger partial charge is 0.481 e. The molecule has 0 aliphatic rings. The molecule has 0 spiro atoms. The Labute approximate surface area is 129 Å². The van der Waals surface area contributed by atoms with Crippen LogP contribution in [0.3, 0.4) is 0 Å². The summed E-state index contributed by atoms with van der Waals surface area (Å²) in [6.07, 6.45) is 0.327. The van der Waals surface area contributed by atoms with Crippen molar-refractivity contribution < 1.29 is 18.7 Å². The summed E-state index contributed by atoms with van der Waals surface area (Å²) < 4.78 is 19.3. The van der Waals surface area contributed by atoms with Crippen LogP contribution in [0.2, 0.25) is 0 Å². The molecular weight excluding hydrogens is 343 g/mol. The normalized spacial score (nSPS) is 11.6. The molecule has 1 aromatic heterocycles. The van der Waals surface area contributed by atoms with Gasteiger partial charge in [-0.1, -0.05) is 19.9 Å². The Balaban J connectivity index is 2.22. The molecule has 0 amide bonds. The van der Waals surface area contributed by atoms with Crippen LogP contribution in [0.25, 0.3) is 11.5 Å². The maximum absolute atomic E-state index is 13.5. The van der Waals surface area contributed by atoms with Crippen LogP contribution < -0.4 is 0 Å². The molecule has 0 radical (unpaired) electrons. The average molecular weight is 357 g/mol. The number of aromatic nitrogens is 2. The number of nitrogens with zero attached hydrogens (tertiary/aromatic N) is 2. The van der Waals surface area contributed by atoms with Crippen molar-refractivity contribution in [2.24, 2.45) is 5.41 Å². The van der Waals surface area contributed by atoms with E-state index in [-0.39, 0.29) is 16.8 Å². The maximum Gasteiger partial charge on any atom is 0.303 e. The lowest BCUT2D eigenvalue weighted by molar-refractivity contribution is -0.139. The molecule has 2 aromatic rings. The summed E-state index contributed by atoms with van der Waals surface area (Å²) in [6, 6.07) is 4.53. The van der Waals surface area contributed by atoms with Crippen LogP contribution >= 0.6 is 15.9 Å². The summed E-state index contributed by atoms with van der Waals surface area (Å²) in [5, 5.41) is 16.7. The summed E-state index contributed by atoms with van der Waals surface area (Å²) in [5.74, 6) is -0.777. The van der Waals surface area contributed by atoms with Gasteiger partial charge in [0.2, 0.25) is 11.8 Å². The van der Waals surface area contributed by atoms with E-state index in [0.717, 1.165) is 0 Å². The maximum atomic E-state index is 13.5. The van der Waals surface area contributed by atoms with Gasteiger partial charge in [-0.3, -0.25) is 4.79 Å². The minimum atomic E-state index is -0.882. The quantitative estimate of drug-likeness (QED) is 0.883. The standard InChI is InChI=1S/C14H14BrFN2O3/c1-14(2,7-11(19)20)6-10-17-18-13(21-10)8-4-3-5-9(16)12(8)15/h3-5H,6-7H2,1-2H3,(H,19,20). The fraction of sp³-hybridized carbons (Fsp3) is 0.357. The highest BCUT2D eigenvalue weighted by Gasteiger charge is 2.25. The number of carboxylic acid groups (broad SMARTS) is 1. The minimum absolute atomic E-state index is 0.00558. The first-order chi connectivity index (χ1) is 9.78. The number of halogens is 2. The molecule has 1 N–H and O–H groups in total. The fourth-order valence-corrected chi connectivity index (χ4v) is 2.42. The summed E-state index contributed by atoms with van der Waals surface area (Å²) in [7, 11) is 0. The second kappa shape index (κ2) is 5.93. The molecule has 0 fully saturated rings. The molecule has 1 heterocycles. The predicted molar refractivity (Wildman–Crippen MR) is 77.1 cm³/mol. The predicted octanol–water partition coefficient (Wildman–Crippen LogP) is 3.68. The zero-order valence-corrected chi connectivity index (χ0v) is 13.1. The summed E-state index contributed by atoms with van der Waals surface area (Å²) in [4.78, 5) is 10.8. The van der Waals surface area contributed by atoms with Gasteiger partial charge in [0, 0.05) is 6.42 Å². The van der Waals surface area contributed by atoms with Crippen molar-refractivity contribution in [3.05, 3.63) is 34.4 Å². The Kier molecular flexibility index (Phi) is 4.41. The van der Waals surface area contributed by atoms with Crippen LogP contribution in [-0.2, 0) is 11.2 Å². The number of carbonyl (C=O) groups is 1. The molecule has 0 unspecified atom stereocenters. The number of aliphatic carboxylic acids is 1. The van der Waals surface area contributed by atoms with Crippen molar-refractivity contribution >= 4 is 21.9 Å². The number of benzene rings is 1. The molecule has 5 nitrogen and oxygen atoms in total. The van der Waals surface area contributed by atoms with Gasteiger partial charge in [-0.2, -0.15) is 0 Å². The molecule has 0 atom stereocenters. The molecule has 0 aliphatic heterocycles. The number of hydrogen-bond donors (Lipinski definition) is 1. The van der Waals surface area contributed by atoms with Gasteiger partial charge in [-0.05, 0) is 33.5 Å². The van der Waals surface area contributed by atoms with Crippen molar-refractivity contribution in [3.8, 4) is 11.5 Å². The van der Waals surface area contributed by atoms with Gasteiger partial charge in [0.15, 0.2) is 0 Å². The van der Waals surface area contributed by atoms with Gasteiger partial charge < -0.3 is 9.52 Å². The van der Waals surface area contributed by atoms with E-state index in [4.69, 9.17) is 9.52 Å². The zero-order valence-electron chi connectivity index (χ0n) is 11.6. The molecule has 7 heteroatoms. The van der Waals surface area contributed by atoms with Crippen LogP contribution in [0.4, 0.5) is 4.39 Å². The Bertz CT molecular complexity index is 670. The van der Waals surface area contributed by atoms with Gasteiger partial charge in [-0.25, -0.2) is 4.39 Å². The third-order valence-electron chi connectivity index (χ3n) is 2.91. The van der Waals surface area contributed by atoms with Crippen LogP contribution in [0.1, 0.15) is 26.2 Å². The van der Waals surface area contributed by atoms with E-state index in [1.165, 1.54) is 6.07 Å². The number of carboxylic acids is 1. The number of hydrogen-bond acceptors (Lipinski definition) is 4. The summed E-state index contributed by atoms with van der Waals surface area (Å²) in [6.45, 7) is 3.62. The van der Waals surface area contributed by atoms with Crippen LogP contribution in [0.15, 0.2) is 27.1 Å². The highest BCUT2D eigenvalue weighted by atomic mass is 79.9. The lowest BCUT2D eigenvalue weighted by Crippen LogP contribution is -2.19. The molecule has 0 saturated heterocycles. The van der Waals surface area contributed by atoms with Gasteiger partial charge in [0.05, 0.1) is 16.5 Å². The fourth-order valence-electron chi connectivity index (χ4n) is 1.98. The van der Waals surface area contributed by atoms with Gasteiger partial charge in [0.25, 0.3) is 0 Å². The van der Waals surface area contributed by atoms with E-state index in [1.807, 2.05) is 13.8 Å². The van der Waals surface area contributed by atoms with Crippen molar-refractivity contribution in [2.45, 2.75) is 26.7 Å². The second-order valence-corrected chi connectivity index (χ2v) is 6.31. The third-order valence-corrected chi connectivity index (χ3v) is 3.71. The van der Waals surface area contributed by atoms with E-state index >= 15 is 0 Å². The first-order valence-electron chi connectivity index (χ1n) is 6.27. The topological polar surface area (TPSA) is 76.2 Å². The first-order valence-corrected chi connectivity index (χ1v) is 7.06. The molecule has 1 aromatic carbocycles. The Morgan fingerprint density at radius 3 is 2.81 bits per heavy atom. The average Bonchev–Trinajstić information content (AvgIpc) is 2.78. The zero-order chi connectivity index (χ0) is 15.6. The van der Waals surface area contributed by atoms with Crippen LogP contribution in [-0.4, -0.2) is 21.3 Å². The van der Waals surface area contributed by atoms with Crippen LogP contribution in [0, 0.1) is 11.2 Å². The second-order valence-electron chi connectivity index (χ2n) is 5.51. The molecule has 2 rings (SSSR count).